The summed E-state index contributed by atoms with van der Waals surface area (Å²) in [6.07, 6.45) is 8.28. The summed E-state index contributed by atoms with van der Waals surface area (Å²) in [6.45, 7) is 0.795. The molecule has 4 saturated carbocycles. The molecule has 0 atom stereocenters. The van der Waals surface area contributed by atoms with Crippen LogP contribution in [0, 0.1) is 29.0 Å². The topological polar surface area (TPSA) is 29.1 Å². The molecule has 0 heterocycles. The first kappa shape index (κ1) is 14.2. The molecule has 1 N–H and O–H groups in total. The SMILES string of the molecule is O=C(Cc1ccccc1F)NCC12CC3CC(CC(C3)C1)C2. The van der Waals surface area contributed by atoms with Gasteiger partial charge in [0, 0.05) is 6.54 Å². The zero-order valence-corrected chi connectivity index (χ0v) is 13.0. The van der Waals surface area contributed by atoms with E-state index < -0.39 is 0 Å². The van der Waals surface area contributed by atoms with Crippen molar-refractivity contribution in [1.82, 2.24) is 5.32 Å². The third-order valence-corrected chi connectivity index (χ3v) is 6.13. The van der Waals surface area contributed by atoms with Crippen LogP contribution in [0.5, 0.6) is 0 Å². The summed E-state index contributed by atoms with van der Waals surface area (Å²) in [4.78, 5) is 12.2. The van der Waals surface area contributed by atoms with Crippen LogP contribution in [0.3, 0.4) is 0 Å². The van der Waals surface area contributed by atoms with Crippen LogP contribution in [-0.4, -0.2) is 12.5 Å². The van der Waals surface area contributed by atoms with Gasteiger partial charge >= 0.3 is 0 Å². The molecule has 0 radical (unpaired) electrons. The Labute approximate surface area is 131 Å². The smallest absolute Gasteiger partial charge is 0.224 e. The highest BCUT2D eigenvalue weighted by Gasteiger charge is 2.50. The number of benzene rings is 1. The molecule has 0 aromatic heterocycles. The lowest BCUT2D eigenvalue weighted by Crippen LogP contribution is -2.51. The van der Waals surface area contributed by atoms with Crippen LogP contribution in [0.15, 0.2) is 24.3 Å². The van der Waals surface area contributed by atoms with Crippen molar-refractivity contribution in [1.29, 1.82) is 0 Å². The van der Waals surface area contributed by atoms with Gasteiger partial charge in [-0.3, -0.25) is 4.79 Å². The minimum atomic E-state index is -0.285. The quantitative estimate of drug-likeness (QED) is 0.902. The summed E-state index contributed by atoms with van der Waals surface area (Å²) in [5.41, 5.74) is 0.838. The van der Waals surface area contributed by atoms with Gasteiger partial charge in [0.1, 0.15) is 5.82 Å². The van der Waals surface area contributed by atoms with Crippen molar-refractivity contribution in [2.24, 2.45) is 23.2 Å². The highest BCUT2D eigenvalue weighted by atomic mass is 19.1. The van der Waals surface area contributed by atoms with E-state index in [4.69, 9.17) is 0 Å². The zero-order chi connectivity index (χ0) is 15.2. The minimum absolute atomic E-state index is 0.0409. The summed E-state index contributed by atoms with van der Waals surface area (Å²) in [5.74, 6) is 2.37. The molecule has 4 aliphatic carbocycles. The van der Waals surface area contributed by atoms with E-state index in [0.29, 0.717) is 11.0 Å². The average Bonchev–Trinajstić information content (AvgIpc) is 2.46. The lowest BCUT2D eigenvalue weighted by molar-refractivity contribution is -0.122. The monoisotopic (exact) mass is 301 g/mol. The van der Waals surface area contributed by atoms with Crippen LogP contribution in [0.4, 0.5) is 4.39 Å². The maximum absolute atomic E-state index is 13.6. The first-order valence-corrected chi connectivity index (χ1v) is 8.62. The van der Waals surface area contributed by atoms with Crippen molar-refractivity contribution in [2.45, 2.75) is 44.9 Å². The molecule has 118 valence electrons. The second-order valence-electron chi connectivity index (χ2n) is 7.96. The maximum atomic E-state index is 13.6. The number of amides is 1. The highest BCUT2D eigenvalue weighted by Crippen LogP contribution is 2.59. The summed E-state index contributed by atoms with van der Waals surface area (Å²) in [7, 11) is 0. The predicted molar refractivity (Wildman–Crippen MR) is 83.7 cm³/mol. The maximum Gasteiger partial charge on any atom is 0.224 e. The number of carbonyl (C=O) groups is 1. The van der Waals surface area contributed by atoms with Gasteiger partial charge in [-0.15, -0.1) is 0 Å². The van der Waals surface area contributed by atoms with E-state index in [2.05, 4.69) is 5.32 Å². The van der Waals surface area contributed by atoms with Crippen LogP contribution in [0.25, 0.3) is 0 Å². The van der Waals surface area contributed by atoms with Gasteiger partial charge in [-0.25, -0.2) is 4.39 Å². The molecular formula is C19H24FNO. The van der Waals surface area contributed by atoms with E-state index in [-0.39, 0.29) is 18.1 Å². The van der Waals surface area contributed by atoms with Gasteiger partial charge in [-0.05, 0) is 73.3 Å². The summed E-state index contributed by atoms with van der Waals surface area (Å²) < 4.78 is 13.6. The van der Waals surface area contributed by atoms with Gasteiger partial charge in [0.25, 0.3) is 0 Å². The van der Waals surface area contributed by atoms with Gasteiger partial charge in [0.05, 0.1) is 6.42 Å². The second-order valence-corrected chi connectivity index (χ2v) is 7.96. The number of nitrogens with one attached hydrogen (secondary N) is 1. The van der Waals surface area contributed by atoms with Crippen LogP contribution in [0.2, 0.25) is 0 Å². The Bertz CT molecular complexity index is 547. The van der Waals surface area contributed by atoms with Crippen molar-refractivity contribution < 1.29 is 9.18 Å². The molecule has 1 aromatic carbocycles. The van der Waals surface area contributed by atoms with Crippen LogP contribution in [0.1, 0.15) is 44.1 Å². The zero-order valence-electron chi connectivity index (χ0n) is 13.0. The molecule has 0 spiro atoms. The number of hydrogen-bond acceptors (Lipinski definition) is 1. The Hall–Kier alpha value is -1.38. The standard InChI is InChI=1S/C19H24FNO/c20-17-4-2-1-3-16(17)8-18(22)21-12-19-9-13-5-14(10-19)7-15(6-13)11-19/h1-4,13-15H,5-12H2,(H,21,22). The Morgan fingerprint density at radius 1 is 1.09 bits per heavy atom. The van der Waals surface area contributed by atoms with Gasteiger partial charge in [-0.2, -0.15) is 0 Å². The number of hydrogen-bond donors (Lipinski definition) is 1. The van der Waals surface area contributed by atoms with E-state index >= 15 is 0 Å². The highest BCUT2D eigenvalue weighted by molar-refractivity contribution is 5.78. The Kier molecular flexibility index (Phi) is 3.47. The van der Waals surface area contributed by atoms with E-state index in [1.165, 1.54) is 44.6 Å². The summed E-state index contributed by atoms with van der Waals surface area (Å²) >= 11 is 0. The fraction of sp³-hybridized carbons (Fsp3) is 0.632. The van der Waals surface area contributed by atoms with E-state index in [9.17, 15) is 9.18 Å². The van der Waals surface area contributed by atoms with E-state index in [1.54, 1.807) is 18.2 Å². The first-order chi connectivity index (χ1) is 10.6. The third kappa shape index (κ3) is 2.66. The van der Waals surface area contributed by atoms with Gasteiger partial charge in [0.15, 0.2) is 0 Å². The molecular weight excluding hydrogens is 277 g/mol. The largest absolute Gasteiger partial charge is 0.355 e. The molecule has 0 saturated heterocycles. The number of rotatable bonds is 4. The van der Waals surface area contributed by atoms with Crippen LogP contribution >= 0.6 is 0 Å². The van der Waals surface area contributed by atoms with Crippen molar-refractivity contribution in [3.8, 4) is 0 Å². The minimum Gasteiger partial charge on any atom is -0.355 e. The van der Waals surface area contributed by atoms with Gasteiger partial charge in [-0.1, -0.05) is 18.2 Å². The van der Waals surface area contributed by atoms with Crippen LogP contribution < -0.4 is 5.32 Å². The van der Waals surface area contributed by atoms with E-state index in [0.717, 1.165) is 24.3 Å². The third-order valence-electron chi connectivity index (χ3n) is 6.13. The molecule has 1 aromatic rings. The number of halogens is 1. The van der Waals surface area contributed by atoms with Gasteiger partial charge < -0.3 is 5.32 Å². The van der Waals surface area contributed by atoms with Crippen molar-refractivity contribution in [2.75, 3.05) is 6.54 Å². The normalized spacial score (nSPS) is 35.6. The Morgan fingerprint density at radius 3 is 2.27 bits per heavy atom. The molecule has 1 amide bonds. The Morgan fingerprint density at radius 2 is 1.68 bits per heavy atom. The molecule has 4 bridgehead atoms. The fourth-order valence-electron chi connectivity index (χ4n) is 5.67. The molecule has 3 heteroatoms. The molecule has 22 heavy (non-hydrogen) atoms. The molecule has 4 fully saturated rings. The van der Waals surface area contributed by atoms with Crippen molar-refractivity contribution >= 4 is 5.91 Å². The molecule has 0 aliphatic heterocycles. The first-order valence-electron chi connectivity index (χ1n) is 8.62. The molecule has 2 nitrogen and oxygen atoms in total. The lowest BCUT2D eigenvalue weighted by atomic mass is 9.49. The lowest BCUT2D eigenvalue weighted by Gasteiger charge is -2.56. The van der Waals surface area contributed by atoms with Crippen molar-refractivity contribution in [3.63, 3.8) is 0 Å². The van der Waals surface area contributed by atoms with Crippen molar-refractivity contribution in [3.05, 3.63) is 35.6 Å². The average molecular weight is 301 g/mol. The van der Waals surface area contributed by atoms with E-state index in [1.807, 2.05) is 0 Å². The number of carbonyl (C=O) groups excluding carboxylic acids is 1. The summed E-state index contributed by atoms with van der Waals surface area (Å²) in [6, 6.07) is 6.55. The molecule has 4 aliphatic rings. The molecule has 0 unspecified atom stereocenters. The summed E-state index contributed by atoms with van der Waals surface area (Å²) in [5, 5.41) is 3.11. The second kappa shape index (κ2) is 5.36. The fourth-order valence-corrected chi connectivity index (χ4v) is 5.67. The predicted octanol–water partition coefficient (Wildman–Crippen LogP) is 3.70. The Balaban J connectivity index is 1.37. The molecule has 5 rings (SSSR count). The van der Waals surface area contributed by atoms with Crippen LogP contribution in [-0.2, 0) is 11.2 Å². The van der Waals surface area contributed by atoms with Gasteiger partial charge in [0.2, 0.25) is 5.91 Å².